The summed E-state index contributed by atoms with van der Waals surface area (Å²) in [6.07, 6.45) is 2.74. The first kappa shape index (κ1) is 20.2. The van der Waals surface area contributed by atoms with Gasteiger partial charge in [-0.25, -0.2) is 0 Å². The third-order valence-corrected chi connectivity index (χ3v) is 5.81. The van der Waals surface area contributed by atoms with E-state index in [1.807, 2.05) is 36.6 Å². The predicted octanol–water partition coefficient (Wildman–Crippen LogP) is 5.11. The van der Waals surface area contributed by atoms with Crippen molar-refractivity contribution in [2.45, 2.75) is 51.7 Å². The molecule has 1 atom stereocenters. The smallest absolute Gasteiger partial charge is 0.234 e. The zero-order valence-corrected chi connectivity index (χ0v) is 17.5. The zero-order valence-electron chi connectivity index (χ0n) is 16.7. The lowest BCUT2D eigenvalue weighted by Crippen LogP contribution is -2.14. The molecule has 1 N–H and O–H groups in total. The highest BCUT2D eigenvalue weighted by atomic mass is 32.2. The van der Waals surface area contributed by atoms with Gasteiger partial charge < -0.3 is 14.3 Å². The number of benzene rings is 1. The Bertz CT molecular complexity index is 930. The van der Waals surface area contributed by atoms with Crippen LogP contribution < -0.4 is 5.32 Å². The molecule has 7 heteroatoms. The number of furan rings is 1. The molecule has 1 aromatic carbocycles. The van der Waals surface area contributed by atoms with Crippen molar-refractivity contribution in [3.63, 3.8) is 0 Å². The Kier molecular flexibility index (Phi) is 6.57. The van der Waals surface area contributed by atoms with Crippen molar-refractivity contribution in [1.82, 2.24) is 14.8 Å². The van der Waals surface area contributed by atoms with Crippen molar-refractivity contribution in [2.24, 2.45) is 0 Å². The van der Waals surface area contributed by atoms with E-state index < -0.39 is 0 Å². The molecule has 0 aliphatic rings. The van der Waals surface area contributed by atoms with Crippen LogP contribution in [0.4, 0.5) is 5.69 Å². The fraction of sp³-hybridized carbons (Fsp3) is 0.381. The van der Waals surface area contributed by atoms with E-state index in [9.17, 15) is 4.79 Å². The van der Waals surface area contributed by atoms with Crippen LogP contribution in [0.3, 0.4) is 0 Å². The highest BCUT2D eigenvalue weighted by molar-refractivity contribution is 7.99. The van der Waals surface area contributed by atoms with E-state index in [1.54, 1.807) is 6.26 Å². The summed E-state index contributed by atoms with van der Waals surface area (Å²) in [5.41, 5.74) is 3.02. The third kappa shape index (κ3) is 4.47. The van der Waals surface area contributed by atoms with Gasteiger partial charge in [-0.2, -0.15) is 0 Å². The van der Waals surface area contributed by atoms with Gasteiger partial charge in [0.15, 0.2) is 11.0 Å². The summed E-state index contributed by atoms with van der Waals surface area (Å²) in [5, 5.41) is 12.2. The molecule has 0 unspecified atom stereocenters. The third-order valence-electron chi connectivity index (χ3n) is 4.84. The van der Waals surface area contributed by atoms with E-state index in [0.717, 1.165) is 34.4 Å². The number of hydrogen-bond donors (Lipinski definition) is 1. The van der Waals surface area contributed by atoms with Gasteiger partial charge in [-0.3, -0.25) is 4.79 Å². The molecule has 0 spiro atoms. The van der Waals surface area contributed by atoms with Crippen molar-refractivity contribution in [3.05, 3.63) is 47.9 Å². The lowest BCUT2D eigenvalue weighted by Gasteiger charge is -2.10. The molecule has 2 heterocycles. The SMILES string of the molecule is CC[C@@H](C)c1ccc(NC(=O)CSc2nnc(-c3ccoc3C)n2CC)cc1. The minimum absolute atomic E-state index is 0.0621. The molecular weight excluding hydrogens is 372 g/mol. The molecule has 1 amide bonds. The zero-order chi connectivity index (χ0) is 20.1. The number of rotatable bonds is 8. The number of carbonyl (C=O) groups is 1. The number of nitrogens with zero attached hydrogens (tertiary/aromatic N) is 3. The maximum absolute atomic E-state index is 12.3. The van der Waals surface area contributed by atoms with Crippen LogP contribution in [0.5, 0.6) is 0 Å². The molecule has 0 aliphatic heterocycles. The quantitative estimate of drug-likeness (QED) is 0.534. The van der Waals surface area contributed by atoms with Gasteiger partial charge in [0.1, 0.15) is 5.76 Å². The summed E-state index contributed by atoms with van der Waals surface area (Å²) in [4.78, 5) is 12.3. The van der Waals surface area contributed by atoms with Crippen LogP contribution >= 0.6 is 11.8 Å². The Hall–Kier alpha value is -2.54. The minimum atomic E-state index is -0.0621. The van der Waals surface area contributed by atoms with Crippen LogP contribution in [0.25, 0.3) is 11.4 Å². The molecule has 3 aromatic rings. The topological polar surface area (TPSA) is 73.0 Å². The standard InChI is InChI=1S/C21H26N4O2S/c1-5-14(3)16-7-9-17(10-8-16)22-19(26)13-28-21-24-23-20(25(21)6-2)18-11-12-27-15(18)4/h7-12,14H,5-6,13H2,1-4H3,(H,22,26)/t14-/m1/s1. The number of carbonyl (C=O) groups excluding carboxylic acids is 1. The summed E-state index contributed by atoms with van der Waals surface area (Å²) in [7, 11) is 0. The van der Waals surface area contributed by atoms with Gasteiger partial charge in [0.2, 0.25) is 5.91 Å². The summed E-state index contributed by atoms with van der Waals surface area (Å²) in [5.74, 6) is 2.30. The Balaban J connectivity index is 1.62. The second kappa shape index (κ2) is 9.10. The first-order chi connectivity index (χ1) is 13.5. The van der Waals surface area contributed by atoms with E-state index in [1.165, 1.54) is 17.3 Å². The maximum atomic E-state index is 12.3. The Labute approximate surface area is 169 Å². The second-order valence-corrected chi connectivity index (χ2v) is 7.65. The lowest BCUT2D eigenvalue weighted by molar-refractivity contribution is -0.113. The predicted molar refractivity (Wildman–Crippen MR) is 113 cm³/mol. The van der Waals surface area contributed by atoms with Gasteiger partial charge >= 0.3 is 0 Å². The van der Waals surface area contributed by atoms with Crippen LogP contribution in [0, 0.1) is 6.92 Å². The van der Waals surface area contributed by atoms with Crippen LogP contribution in [0.15, 0.2) is 46.2 Å². The molecule has 0 saturated heterocycles. The molecule has 0 saturated carbocycles. The van der Waals surface area contributed by atoms with Crippen LogP contribution in [-0.4, -0.2) is 26.4 Å². The van der Waals surface area contributed by atoms with Gasteiger partial charge in [0.05, 0.1) is 17.6 Å². The van der Waals surface area contributed by atoms with Crippen molar-refractivity contribution >= 4 is 23.4 Å². The van der Waals surface area contributed by atoms with E-state index in [2.05, 4.69) is 41.5 Å². The van der Waals surface area contributed by atoms with Gasteiger partial charge in [-0.15, -0.1) is 10.2 Å². The van der Waals surface area contributed by atoms with Gasteiger partial charge in [0.25, 0.3) is 0 Å². The largest absolute Gasteiger partial charge is 0.469 e. The molecule has 0 radical (unpaired) electrons. The van der Waals surface area contributed by atoms with Crippen molar-refractivity contribution in [3.8, 4) is 11.4 Å². The number of hydrogen-bond acceptors (Lipinski definition) is 5. The Morgan fingerprint density at radius 2 is 1.96 bits per heavy atom. The van der Waals surface area contributed by atoms with E-state index in [4.69, 9.17) is 4.42 Å². The molecule has 0 bridgehead atoms. The van der Waals surface area contributed by atoms with E-state index >= 15 is 0 Å². The summed E-state index contributed by atoms with van der Waals surface area (Å²) in [6.45, 7) is 9.02. The van der Waals surface area contributed by atoms with Crippen molar-refractivity contribution in [1.29, 1.82) is 0 Å². The van der Waals surface area contributed by atoms with Crippen molar-refractivity contribution < 1.29 is 9.21 Å². The van der Waals surface area contributed by atoms with Gasteiger partial charge in [-0.05, 0) is 49.9 Å². The van der Waals surface area contributed by atoms with E-state index in [-0.39, 0.29) is 11.7 Å². The summed E-state index contributed by atoms with van der Waals surface area (Å²) < 4.78 is 7.37. The van der Waals surface area contributed by atoms with Crippen LogP contribution in [0.1, 0.15) is 44.4 Å². The fourth-order valence-corrected chi connectivity index (χ4v) is 3.76. The number of thioether (sulfide) groups is 1. The number of aryl methyl sites for hydroxylation is 1. The lowest BCUT2D eigenvalue weighted by atomic mass is 9.99. The molecule has 148 valence electrons. The highest BCUT2D eigenvalue weighted by Gasteiger charge is 2.17. The number of nitrogens with one attached hydrogen (secondary N) is 1. The highest BCUT2D eigenvalue weighted by Crippen LogP contribution is 2.27. The molecule has 3 rings (SSSR count). The minimum Gasteiger partial charge on any atom is -0.469 e. The number of amides is 1. The number of aromatic nitrogens is 3. The number of anilines is 1. The molecule has 6 nitrogen and oxygen atoms in total. The molecule has 0 fully saturated rings. The normalized spacial score (nSPS) is 12.1. The summed E-state index contributed by atoms with van der Waals surface area (Å²) >= 11 is 1.38. The first-order valence-electron chi connectivity index (χ1n) is 9.53. The average molecular weight is 399 g/mol. The molecular formula is C21H26N4O2S. The van der Waals surface area contributed by atoms with Gasteiger partial charge in [0, 0.05) is 12.2 Å². The molecule has 28 heavy (non-hydrogen) atoms. The monoisotopic (exact) mass is 398 g/mol. The first-order valence-corrected chi connectivity index (χ1v) is 10.5. The average Bonchev–Trinajstić information content (AvgIpc) is 3.31. The molecule has 2 aromatic heterocycles. The summed E-state index contributed by atoms with van der Waals surface area (Å²) in [6, 6.07) is 9.95. The van der Waals surface area contributed by atoms with Crippen LogP contribution in [0.2, 0.25) is 0 Å². The Morgan fingerprint density at radius 1 is 1.21 bits per heavy atom. The second-order valence-electron chi connectivity index (χ2n) is 6.71. The van der Waals surface area contributed by atoms with Gasteiger partial charge in [-0.1, -0.05) is 37.7 Å². The molecule has 0 aliphatic carbocycles. The Morgan fingerprint density at radius 3 is 2.57 bits per heavy atom. The van der Waals surface area contributed by atoms with Crippen molar-refractivity contribution in [2.75, 3.05) is 11.1 Å². The van der Waals surface area contributed by atoms with Crippen LogP contribution in [-0.2, 0) is 11.3 Å². The fourth-order valence-electron chi connectivity index (χ4n) is 2.95. The maximum Gasteiger partial charge on any atom is 0.234 e. The van der Waals surface area contributed by atoms with E-state index in [0.29, 0.717) is 12.5 Å².